The summed E-state index contributed by atoms with van der Waals surface area (Å²) in [4.78, 5) is 18.9. The number of carboxylic acid groups (broad SMARTS) is 1. The molecule has 5 heteroatoms. The Labute approximate surface area is 156 Å². The van der Waals surface area contributed by atoms with Crippen molar-refractivity contribution in [3.05, 3.63) is 89.7 Å². The first-order valence-electron chi connectivity index (χ1n) is 8.57. The quantitative estimate of drug-likeness (QED) is 0.544. The number of carbonyl (C=O) groups is 1. The van der Waals surface area contributed by atoms with Crippen molar-refractivity contribution in [1.82, 2.24) is 9.97 Å². The average Bonchev–Trinajstić information content (AvgIpc) is 3.12. The summed E-state index contributed by atoms with van der Waals surface area (Å²) >= 11 is 0. The maximum absolute atomic E-state index is 11.2. The monoisotopic (exact) mass is 358 g/mol. The Morgan fingerprint density at radius 2 is 1.70 bits per heavy atom. The minimum Gasteiger partial charge on any atom is -0.478 e. The van der Waals surface area contributed by atoms with E-state index in [1.54, 1.807) is 25.3 Å². The molecular weight excluding hydrogens is 340 g/mol. The minimum atomic E-state index is -0.965. The van der Waals surface area contributed by atoms with Crippen LogP contribution in [0.25, 0.3) is 22.2 Å². The zero-order chi connectivity index (χ0) is 18.8. The van der Waals surface area contributed by atoms with Crippen molar-refractivity contribution in [2.45, 2.75) is 6.10 Å². The highest BCUT2D eigenvalue weighted by atomic mass is 16.5. The Hall–Kier alpha value is -3.44. The number of fused-ring (bicyclic) bond motifs is 1. The van der Waals surface area contributed by atoms with Crippen molar-refractivity contribution in [1.29, 1.82) is 0 Å². The van der Waals surface area contributed by atoms with Crippen LogP contribution in [0, 0.1) is 0 Å². The molecule has 0 radical (unpaired) electrons. The fourth-order valence-corrected chi connectivity index (χ4v) is 3.17. The molecule has 0 fully saturated rings. The molecule has 0 aliphatic heterocycles. The molecule has 0 spiro atoms. The first-order valence-corrected chi connectivity index (χ1v) is 8.57. The number of rotatable bonds is 5. The number of aromatic carboxylic acids is 1. The number of methoxy groups -OCH3 is 1. The summed E-state index contributed by atoms with van der Waals surface area (Å²) in [5.41, 5.74) is 4.85. The molecule has 0 unspecified atom stereocenters. The van der Waals surface area contributed by atoms with Gasteiger partial charge in [-0.15, -0.1) is 0 Å². The lowest BCUT2D eigenvalue weighted by Gasteiger charge is -2.14. The van der Waals surface area contributed by atoms with Gasteiger partial charge in [-0.25, -0.2) is 9.78 Å². The van der Waals surface area contributed by atoms with Crippen LogP contribution < -0.4 is 0 Å². The predicted octanol–water partition coefficient (Wildman–Crippen LogP) is 4.66. The lowest BCUT2D eigenvalue weighted by molar-refractivity contribution is 0.0697. The number of aromatic nitrogens is 2. The highest BCUT2D eigenvalue weighted by Crippen LogP contribution is 2.28. The number of hydrogen-bond donors (Lipinski definition) is 2. The van der Waals surface area contributed by atoms with E-state index in [0.717, 1.165) is 16.7 Å². The Kier molecular flexibility index (Phi) is 4.44. The van der Waals surface area contributed by atoms with Crippen LogP contribution in [0.3, 0.4) is 0 Å². The smallest absolute Gasteiger partial charge is 0.335 e. The fourth-order valence-electron chi connectivity index (χ4n) is 3.17. The van der Waals surface area contributed by atoms with E-state index in [-0.39, 0.29) is 11.7 Å². The fraction of sp³-hybridized carbons (Fsp3) is 0.0909. The normalized spacial score (nSPS) is 12.2. The van der Waals surface area contributed by atoms with E-state index in [0.29, 0.717) is 16.9 Å². The molecule has 3 aromatic carbocycles. The molecule has 0 aliphatic carbocycles. The van der Waals surface area contributed by atoms with Crippen LogP contribution in [-0.2, 0) is 4.74 Å². The lowest BCUT2D eigenvalue weighted by Crippen LogP contribution is -2.05. The summed E-state index contributed by atoms with van der Waals surface area (Å²) in [6, 6.07) is 23.2. The molecule has 1 atom stereocenters. The van der Waals surface area contributed by atoms with Gasteiger partial charge >= 0.3 is 5.97 Å². The number of nitrogens with zero attached hydrogens (tertiary/aromatic N) is 1. The Morgan fingerprint density at radius 1 is 1.00 bits per heavy atom. The third-order valence-electron chi connectivity index (χ3n) is 4.55. The first kappa shape index (κ1) is 17.0. The van der Waals surface area contributed by atoms with Crippen LogP contribution in [0.4, 0.5) is 0 Å². The molecule has 0 aliphatic rings. The van der Waals surface area contributed by atoms with E-state index >= 15 is 0 Å². The zero-order valence-corrected chi connectivity index (χ0v) is 14.7. The molecule has 134 valence electrons. The number of nitrogens with one attached hydrogen (secondary N) is 1. The Balaban J connectivity index is 1.67. The summed E-state index contributed by atoms with van der Waals surface area (Å²) in [6.45, 7) is 0. The van der Waals surface area contributed by atoms with Gasteiger partial charge in [-0.2, -0.15) is 0 Å². The lowest BCUT2D eigenvalue weighted by atomic mass is 10.0. The second-order valence-corrected chi connectivity index (χ2v) is 6.26. The van der Waals surface area contributed by atoms with E-state index in [1.807, 2.05) is 30.3 Å². The number of aromatic amines is 1. The number of hydrogen-bond acceptors (Lipinski definition) is 3. The number of ether oxygens (including phenoxy) is 1. The Morgan fingerprint density at radius 3 is 2.37 bits per heavy atom. The van der Waals surface area contributed by atoms with Gasteiger partial charge < -0.3 is 14.8 Å². The van der Waals surface area contributed by atoms with E-state index in [1.165, 1.54) is 0 Å². The van der Waals surface area contributed by atoms with Crippen molar-refractivity contribution in [2.24, 2.45) is 0 Å². The molecule has 4 aromatic rings. The van der Waals surface area contributed by atoms with Gasteiger partial charge in [0.05, 0.1) is 16.6 Å². The number of H-pyrrole nitrogens is 1. The summed E-state index contributed by atoms with van der Waals surface area (Å²) < 4.78 is 5.67. The molecule has 5 nitrogen and oxygen atoms in total. The van der Waals surface area contributed by atoms with Gasteiger partial charge in [-0.1, -0.05) is 54.6 Å². The number of benzene rings is 3. The minimum absolute atomic E-state index is 0.221. The second-order valence-electron chi connectivity index (χ2n) is 6.26. The van der Waals surface area contributed by atoms with Gasteiger partial charge in [0.25, 0.3) is 0 Å². The van der Waals surface area contributed by atoms with E-state index in [9.17, 15) is 4.79 Å². The summed E-state index contributed by atoms with van der Waals surface area (Å²) in [7, 11) is 1.63. The molecule has 1 heterocycles. The summed E-state index contributed by atoms with van der Waals surface area (Å²) in [5, 5.41) is 9.15. The molecule has 0 saturated carbocycles. The van der Waals surface area contributed by atoms with Gasteiger partial charge in [-0.05, 0) is 34.9 Å². The zero-order valence-electron chi connectivity index (χ0n) is 14.7. The molecule has 2 N–H and O–H groups in total. The first-order chi connectivity index (χ1) is 13.2. The van der Waals surface area contributed by atoms with Crippen LogP contribution in [0.1, 0.15) is 27.8 Å². The van der Waals surface area contributed by atoms with Crippen molar-refractivity contribution in [3.63, 3.8) is 0 Å². The van der Waals surface area contributed by atoms with Gasteiger partial charge in [0.15, 0.2) is 0 Å². The standard InChI is InChI=1S/C22H18N2O3/c1-27-20(16-9-7-15(8-10-16)14-5-3-2-4-6-14)21-23-18-12-11-17(22(25)26)13-19(18)24-21/h2-13,20H,1H3,(H,23,24)(H,25,26)/t20-/m0/s1. The van der Waals surface area contributed by atoms with Crippen LogP contribution in [0.15, 0.2) is 72.8 Å². The number of carboxylic acids is 1. The summed E-state index contributed by atoms with van der Waals surface area (Å²) in [6.07, 6.45) is -0.365. The van der Waals surface area contributed by atoms with Crippen LogP contribution in [-0.4, -0.2) is 28.2 Å². The third kappa shape index (κ3) is 3.32. The van der Waals surface area contributed by atoms with Gasteiger partial charge in [-0.3, -0.25) is 0 Å². The largest absolute Gasteiger partial charge is 0.478 e. The van der Waals surface area contributed by atoms with Crippen LogP contribution in [0.2, 0.25) is 0 Å². The van der Waals surface area contributed by atoms with Crippen molar-refractivity contribution < 1.29 is 14.6 Å². The average molecular weight is 358 g/mol. The Bertz CT molecular complexity index is 1090. The third-order valence-corrected chi connectivity index (χ3v) is 4.55. The molecule has 4 rings (SSSR count). The highest BCUT2D eigenvalue weighted by Gasteiger charge is 2.18. The van der Waals surface area contributed by atoms with Gasteiger partial charge in [0.1, 0.15) is 11.9 Å². The molecule has 0 saturated heterocycles. The van der Waals surface area contributed by atoms with E-state index < -0.39 is 5.97 Å². The molecule has 27 heavy (non-hydrogen) atoms. The predicted molar refractivity (Wildman–Crippen MR) is 104 cm³/mol. The molecule has 0 amide bonds. The van der Waals surface area contributed by atoms with E-state index in [2.05, 4.69) is 34.2 Å². The van der Waals surface area contributed by atoms with Crippen LogP contribution >= 0.6 is 0 Å². The van der Waals surface area contributed by atoms with E-state index in [4.69, 9.17) is 9.84 Å². The molecule has 1 aromatic heterocycles. The van der Waals surface area contributed by atoms with Crippen molar-refractivity contribution in [2.75, 3.05) is 7.11 Å². The SMILES string of the molecule is CO[C@@H](c1ccc(-c2ccccc2)cc1)c1nc2ccc(C(=O)O)cc2[nH]1. The second kappa shape index (κ2) is 7.05. The summed E-state index contributed by atoms with van der Waals surface area (Å²) in [5.74, 6) is -0.324. The van der Waals surface area contributed by atoms with Crippen molar-refractivity contribution >= 4 is 17.0 Å². The number of imidazole rings is 1. The van der Waals surface area contributed by atoms with Gasteiger partial charge in [0, 0.05) is 7.11 Å². The topological polar surface area (TPSA) is 75.2 Å². The molecule has 0 bridgehead atoms. The van der Waals surface area contributed by atoms with Crippen molar-refractivity contribution in [3.8, 4) is 11.1 Å². The molecular formula is C22H18N2O3. The maximum Gasteiger partial charge on any atom is 0.335 e. The highest BCUT2D eigenvalue weighted by molar-refractivity contribution is 5.92. The van der Waals surface area contributed by atoms with Crippen LogP contribution in [0.5, 0.6) is 0 Å². The van der Waals surface area contributed by atoms with Gasteiger partial charge in [0.2, 0.25) is 0 Å². The maximum atomic E-state index is 11.2.